The van der Waals surface area contributed by atoms with Gasteiger partial charge in [-0.3, -0.25) is 15.4 Å². The van der Waals surface area contributed by atoms with Crippen molar-refractivity contribution in [3.8, 4) is 0 Å². The maximum Gasteiger partial charge on any atom is 0.324 e. The number of carbonyl (C=O) groups is 2. The second-order valence-corrected chi connectivity index (χ2v) is 8.79. The van der Waals surface area contributed by atoms with Crippen LogP contribution in [0.4, 0.5) is 16.3 Å². The highest BCUT2D eigenvalue weighted by atomic mass is 35.5. The van der Waals surface area contributed by atoms with Gasteiger partial charge >= 0.3 is 6.03 Å². The summed E-state index contributed by atoms with van der Waals surface area (Å²) in [5, 5.41) is 17.1. The summed E-state index contributed by atoms with van der Waals surface area (Å²) in [5.74, 6) is 0.250. The van der Waals surface area contributed by atoms with E-state index >= 15 is 0 Å². The minimum Gasteiger partial charge on any atom is -0.322 e. The molecule has 1 aromatic carbocycles. The predicted octanol–water partition coefficient (Wildman–Crippen LogP) is 3.68. The number of amides is 3. The number of rotatable bonds is 3. The lowest BCUT2D eigenvalue weighted by atomic mass is 9.92. The van der Waals surface area contributed by atoms with Crippen LogP contribution >= 0.6 is 11.6 Å². The Bertz CT molecular complexity index is 903. The highest BCUT2D eigenvalue weighted by molar-refractivity contribution is 6.30. The van der Waals surface area contributed by atoms with Crippen molar-refractivity contribution in [3.63, 3.8) is 0 Å². The Balaban J connectivity index is 1.85. The molecule has 0 bridgehead atoms. The monoisotopic (exact) mass is 418 g/mol. The van der Waals surface area contributed by atoms with Crippen molar-refractivity contribution in [2.45, 2.75) is 52.4 Å². The molecule has 9 heteroatoms. The van der Waals surface area contributed by atoms with E-state index in [0.717, 1.165) is 5.69 Å². The van der Waals surface area contributed by atoms with Crippen LogP contribution in [0.2, 0.25) is 5.02 Å². The van der Waals surface area contributed by atoms with Gasteiger partial charge in [0.25, 0.3) is 0 Å². The summed E-state index contributed by atoms with van der Waals surface area (Å²) < 4.78 is 1.60. The van der Waals surface area contributed by atoms with E-state index in [1.54, 1.807) is 28.9 Å². The molecular weight excluding hydrogens is 392 g/mol. The maximum atomic E-state index is 12.5. The topological polar surface area (TPSA) is 100 Å². The van der Waals surface area contributed by atoms with Crippen LogP contribution in [0.5, 0.6) is 0 Å². The number of nitrogens with zero attached hydrogens (tertiary/aromatic N) is 2. The van der Waals surface area contributed by atoms with Gasteiger partial charge in [0.15, 0.2) is 6.29 Å². The van der Waals surface area contributed by atoms with E-state index in [1.807, 2.05) is 40.7 Å². The van der Waals surface area contributed by atoms with Gasteiger partial charge in [-0.2, -0.15) is 5.10 Å². The van der Waals surface area contributed by atoms with Gasteiger partial charge in [-0.05, 0) is 31.2 Å². The molecule has 2 heterocycles. The third-order valence-corrected chi connectivity index (χ3v) is 5.21. The van der Waals surface area contributed by atoms with Crippen molar-refractivity contribution >= 4 is 35.0 Å². The minimum atomic E-state index is -0.560. The number of hydrogen-bond donors (Lipinski definition) is 4. The second-order valence-electron chi connectivity index (χ2n) is 8.35. The van der Waals surface area contributed by atoms with Crippen LogP contribution in [0.3, 0.4) is 0 Å². The second kappa shape index (κ2) is 8.04. The fourth-order valence-corrected chi connectivity index (χ4v) is 3.05. The van der Waals surface area contributed by atoms with Gasteiger partial charge < -0.3 is 10.6 Å². The lowest BCUT2D eigenvalue weighted by Crippen LogP contribution is -2.57. The number of hydrogen-bond acceptors (Lipinski definition) is 4. The molecule has 0 aliphatic carbocycles. The quantitative estimate of drug-likeness (QED) is 0.610. The molecule has 1 saturated heterocycles. The third-order valence-electron chi connectivity index (χ3n) is 4.96. The smallest absolute Gasteiger partial charge is 0.322 e. The molecule has 2 aromatic rings. The maximum absolute atomic E-state index is 12.5. The van der Waals surface area contributed by atoms with Gasteiger partial charge in [0.1, 0.15) is 5.82 Å². The predicted molar refractivity (Wildman–Crippen MR) is 114 cm³/mol. The van der Waals surface area contributed by atoms with Crippen molar-refractivity contribution < 1.29 is 9.59 Å². The molecule has 0 radical (unpaired) electrons. The number of carbonyl (C=O) groups excluding carboxylic acids is 2. The van der Waals surface area contributed by atoms with E-state index in [-0.39, 0.29) is 23.3 Å². The highest BCUT2D eigenvalue weighted by Crippen LogP contribution is 2.27. The molecule has 0 spiro atoms. The van der Waals surface area contributed by atoms with Crippen LogP contribution < -0.4 is 21.3 Å². The van der Waals surface area contributed by atoms with Crippen molar-refractivity contribution in [2.24, 2.45) is 5.92 Å². The van der Waals surface area contributed by atoms with Crippen molar-refractivity contribution in [2.75, 3.05) is 10.6 Å². The SMILES string of the molecule is CC1NC(n2nc(C(C)(C)C)cc2NC(=O)Nc2ccc(Cl)cc2)NC(=O)C1C. The zero-order valence-electron chi connectivity index (χ0n) is 17.2. The molecule has 156 valence electrons. The molecule has 4 N–H and O–H groups in total. The Hall–Kier alpha value is -2.58. The summed E-state index contributed by atoms with van der Waals surface area (Å²) in [6, 6.07) is 8.19. The van der Waals surface area contributed by atoms with E-state index in [4.69, 9.17) is 11.6 Å². The van der Waals surface area contributed by atoms with Gasteiger partial charge in [0.05, 0.1) is 11.6 Å². The normalized spacial score (nSPS) is 22.1. The van der Waals surface area contributed by atoms with E-state index in [1.165, 1.54) is 0 Å². The van der Waals surface area contributed by atoms with Crippen LogP contribution in [-0.4, -0.2) is 27.8 Å². The van der Waals surface area contributed by atoms with E-state index in [9.17, 15) is 9.59 Å². The van der Waals surface area contributed by atoms with E-state index in [0.29, 0.717) is 16.5 Å². The summed E-state index contributed by atoms with van der Waals surface area (Å²) >= 11 is 5.88. The van der Waals surface area contributed by atoms with Crippen LogP contribution in [0.15, 0.2) is 30.3 Å². The molecule has 3 unspecified atom stereocenters. The fraction of sp³-hybridized carbons (Fsp3) is 0.450. The summed E-state index contributed by atoms with van der Waals surface area (Å²) in [6.45, 7) is 9.93. The van der Waals surface area contributed by atoms with Crippen LogP contribution in [0, 0.1) is 5.92 Å². The van der Waals surface area contributed by atoms with E-state index in [2.05, 4.69) is 26.4 Å². The van der Waals surface area contributed by atoms with Crippen molar-refractivity contribution in [1.29, 1.82) is 0 Å². The number of anilines is 2. The molecule has 0 saturated carbocycles. The first-order chi connectivity index (χ1) is 13.5. The molecule has 3 rings (SSSR count). The lowest BCUT2D eigenvalue weighted by Gasteiger charge is -2.34. The number of nitrogens with one attached hydrogen (secondary N) is 4. The standard InChI is InChI=1S/C20H27ClN6O2/c1-11-12(2)22-18(25-17(11)28)27-16(10-15(26-27)20(3,4)5)24-19(29)23-14-8-6-13(21)7-9-14/h6-12,18,22H,1-5H3,(H,25,28)(H2,23,24,29). The zero-order valence-corrected chi connectivity index (χ0v) is 18.0. The zero-order chi connectivity index (χ0) is 21.3. The van der Waals surface area contributed by atoms with Gasteiger partial charge in [0, 0.05) is 28.2 Å². The minimum absolute atomic E-state index is 0.0354. The van der Waals surface area contributed by atoms with Gasteiger partial charge in [-0.25, -0.2) is 9.48 Å². The van der Waals surface area contributed by atoms with Crippen LogP contribution in [-0.2, 0) is 10.2 Å². The summed E-state index contributed by atoms with van der Waals surface area (Å²) in [5.41, 5.74) is 1.17. The largest absolute Gasteiger partial charge is 0.324 e. The molecule has 8 nitrogen and oxygen atoms in total. The summed E-state index contributed by atoms with van der Waals surface area (Å²) in [6.07, 6.45) is -0.560. The Morgan fingerprint density at radius 2 is 1.83 bits per heavy atom. The first-order valence-corrected chi connectivity index (χ1v) is 9.92. The Morgan fingerprint density at radius 1 is 1.17 bits per heavy atom. The molecule has 3 amide bonds. The lowest BCUT2D eigenvalue weighted by molar-refractivity contribution is -0.130. The Morgan fingerprint density at radius 3 is 2.41 bits per heavy atom. The highest BCUT2D eigenvalue weighted by Gasteiger charge is 2.33. The van der Waals surface area contributed by atoms with E-state index < -0.39 is 12.3 Å². The summed E-state index contributed by atoms with van der Waals surface area (Å²) in [4.78, 5) is 24.8. The molecule has 1 aliphatic rings. The third kappa shape index (κ3) is 4.89. The van der Waals surface area contributed by atoms with Gasteiger partial charge in [0.2, 0.25) is 5.91 Å². The number of urea groups is 1. The van der Waals surface area contributed by atoms with Crippen LogP contribution in [0.1, 0.15) is 46.6 Å². The molecule has 1 aliphatic heterocycles. The molecule has 3 atom stereocenters. The molecule has 1 fully saturated rings. The van der Waals surface area contributed by atoms with Gasteiger partial charge in [-0.1, -0.05) is 39.3 Å². The number of aromatic nitrogens is 2. The first-order valence-electron chi connectivity index (χ1n) is 9.54. The number of benzene rings is 1. The first kappa shape index (κ1) is 21.1. The Labute approximate surface area is 175 Å². The Kier molecular flexibility index (Phi) is 5.86. The van der Waals surface area contributed by atoms with Gasteiger partial charge in [-0.15, -0.1) is 0 Å². The molecule has 1 aromatic heterocycles. The molecular formula is C20H27ClN6O2. The molecule has 29 heavy (non-hydrogen) atoms. The average Bonchev–Trinajstić information content (AvgIpc) is 3.05. The average molecular weight is 419 g/mol. The summed E-state index contributed by atoms with van der Waals surface area (Å²) in [7, 11) is 0. The fourth-order valence-electron chi connectivity index (χ4n) is 2.92. The van der Waals surface area contributed by atoms with Crippen molar-refractivity contribution in [3.05, 3.63) is 41.0 Å². The van der Waals surface area contributed by atoms with Crippen LogP contribution in [0.25, 0.3) is 0 Å². The van der Waals surface area contributed by atoms with Crippen molar-refractivity contribution in [1.82, 2.24) is 20.4 Å². The number of halogens is 1.